The molecule has 1 unspecified atom stereocenters. The fraction of sp³-hybridized carbons (Fsp3) is 0.211. The predicted molar refractivity (Wildman–Crippen MR) is 116 cm³/mol. The Hall–Kier alpha value is -3.27. The first-order valence-corrected chi connectivity index (χ1v) is 11.6. The highest BCUT2D eigenvalue weighted by atomic mass is 32.2. The summed E-state index contributed by atoms with van der Waals surface area (Å²) in [7, 11) is -3.59. The topological polar surface area (TPSA) is 148 Å². The molecular formula is C19H18N6O4S2. The molecular weight excluding hydrogens is 440 g/mol. The van der Waals surface area contributed by atoms with Crippen LogP contribution in [0.2, 0.25) is 0 Å². The van der Waals surface area contributed by atoms with Crippen molar-refractivity contribution in [2.45, 2.75) is 24.4 Å². The predicted octanol–water partition coefficient (Wildman–Crippen LogP) is 1.70. The molecule has 10 nitrogen and oxygen atoms in total. The van der Waals surface area contributed by atoms with E-state index in [1.165, 1.54) is 24.4 Å². The third-order valence-corrected chi connectivity index (χ3v) is 6.15. The highest BCUT2D eigenvalue weighted by Gasteiger charge is 2.26. The van der Waals surface area contributed by atoms with Crippen LogP contribution in [0.4, 0.5) is 5.82 Å². The number of hydrogen-bond donors (Lipinski definition) is 2. The number of thioether (sulfide) groups is 1. The maximum absolute atomic E-state index is 11.3. The van der Waals surface area contributed by atoms with Crippen molar-refractivity contribution in [2.75, 3.05) is 11.5 Å². The fourth-order valence-corrected chi connectivity index (χ4v) is 4.40. The molecule has 1 aliphatic rings. The lowest BCUT2D eigenvalue weighted by Crippen LogP contribution is -2.18. The first kappa shape index (κ1) is 21.0. The van der Waals surface area contributed by atoms with Crippen LogP contribution in [0.5, 0.6) is 0 Å². The van der Waals surface area contributed by atoms with Gasteiger partial charge in [-0.25, -0.2) is 28.5 Å². The number of sulfonamides is 1. The summed E-state index contributed by atoms with van der Waals surface area (Å²) in [6.07, 6.45) is 7.95. The second-order valence-electron chi connectivity index (χ2n) is 6.55. The Balaban J connectivity index is 1.57. The van der Waals surface area contributed by atoms with E-state index in [1.54, 1.807) is 10.6 Å². The van der Waals surface area contributed by atoms with Crippen molar-refractivity contribution in [3.05, 3.63) is 53.1 Å². The van der Waals surface area contributed by atoms with Crippen molar-refractivity contribution in [3.63, 3.8) is 0 Å². The number of fused-ring (bicyclic) bond motifs is 1. The molecule has 160 valence electrons. The number of rotatable bonds is 7. The minimum Gasteiger partial charge on any atom is -0.454 e. The molecule has 1 atom stereocenters. The highest BCUT2D eigenvalue weighted by Crippen LogP contribution is 2.39. The van der Waals surface area contributed by atoms with E-state index >= 15 is 0 Å². The molecule has 31 heavy (non-hydrogen) atoms. The average molecular weight is 459 g/mol. The number of primary sulfonamides is 1. The van der Waals surface area contributed by atoms with Gasteiger partial charge in [0.1, 0.15) is 12.6 Å². The van der Waals surface area contributed by atoms with Gasteiger partial charge in [0.15, 0.2) is 22.1 Å². The van der Waals surface area contributed by atoms with Gasteiger partial charge >= 0.3 is 0 Å². The van der Waals surface area contributed by atoms with Crippen molar-refractivity contribution in [1.29, 1.82) is 0 Å². The molecule has 0 spiro atoms. The summed E-state index contributed by atoms with van der Waals surface area (Å²) in [4.78, 5) is 12.7. The number of imidazole rings is 1. The molecule has 3 aromatic rings. The normalized spacial score (nSPS) is 15.9. The standard InChI is InChI=1S/C19H18N6O4S2/c1-2-12-6-3-4-7-13(12)18-28-10-14(29-18)30-19-24-15-16(20)22-11-23-17(15)25(19)8-5-9-31(21,26)27/h1,3-4,6-7,10-11,18H,5,8-9H2,(H2,20,22,23)(H2,21,26,27). The summed E-state index contributed by atoms with van der Waals surface area (Å²) in [6.45, 7) is 0.309. The molecule has 1 aliphatic heterocycles. The van der Waals surface area contributed by atoms with Crippen LogP contribution in [-0.2, 0) is 26.0 Å². The van der Waals surface area contributed by atoms with E-state index in [1.807, 2.05) is 18.2 Å². The summed E-state index contributed by atoms with van der Waals surface area (Å²) in [5.74, 6) is 2.65. The van der Waals surface area contributed by atoms with Crippen molar-refractivity contribution in [2.24, 2.45) is 5.14 Å². The van der Waals surface area contributed by atoms with Gasteiger partial charge in [0.25, 0.3) is 6.29 Å². The van der Waals surface area contributed by atoms with Gasteiger partial charge in [0, 0.05) is 17.7 Å². The second-order valence-corrected chi connectivity index (χ2v) is 9.26. The number of terminal acetylenes is 1. The van der Waals surface area contributed by atoms with Gasteiger partial charge < -0.3 is 19.8 Å². The monoisotopic (exact) mass is 458 g/mol. The van der Waals surface area contributed by atoms with Crippen molar-refractivity contribution < 1.29 is 17.9 Å². The summed E-state index contributed by atoms with van der Waals surface area (Å²) < 4.78 is 35.9. The van der Waals surface area contributed by atoms with Crippen LogP contribution in [0.1, 0.15) is 23.8 Å². The Morgan fingerprint density at radius 2 is 2.10 bits per heavy atom. The van der Waals surface area contributed by atoms with Gasteiger partial charge in [-0.1, -0.05) is 24.1 Å². The molecule has 3 heterocycles. The third kappa shape index (κ3) is 4.58. The smallest absolute Gasteiger partial charge is 0.269 e. The quantitative estimate of drug-likeness (QED) is 0.505. The molecule has 1 aromatic carbocycles. The molecule has 2 aromatic heterocycles. The zero-order chi connectivity index (χ0) is 22.0. The summed E-state index contributed by atoms with van der Waals surface area (Å²) in [6, 6.07) is 7.33. The minimum atomic E-state index is -3.59. The SMILES string of the molecule is C#Cc1ccccc1C1OC=C(Sc2nc3c(N)ncnc3n2CCCS(N)(=O)=O)O1. The van der Waals surface area contributed by atoms with E-state index in [4.69, 9.17) is 26.8 Å². The van der Waals surface area contributed by atoms with Crippen LogP contribution in [0, 0.1) is 12.3 Å². The van der Waals surface area contributed by atoms with Crippen LogP contribution in [0.25, 0.3) is 11.2 Å². The van der Waals surface area contributed by atoms with Crippen molar-refractivity contribution in [1.82, 2.24) is 19.5 Å². The lowest BCUT2D eigenvalue weighted by atomic mass is 10.1. The molecule has 0 bridgehead atoms. The number of benzene rings is 1. The molecule has 0 amide bonds. The van der Waals surface area contributed by atoms with Crippen molar-refractivity contribution >= 4 is 38.8 Å². The van der Waals surface area contributed by atoms with E-state index in [9.17, 15) is 8.42 Å². The minimum absolute atomic E-state index is 0.176. The number of hydrogen-bond acceptors (Lipinski definition) is 9. The number of ether oxygens (including phenoxy) is 2. The van der Waals surface area contributed by atoms with E-state index in [0.29, 0.717) is 33.5 Å². The lowest BCUT2D eigenvalue weighted by molar-refractivity contribution is -0.0275. The number of nitrogens with zero attached hydrogens (tertiary/aromatic N) is 4. The Labute approximate surface area is 182 Å². The van der Waals surface area contributed by atoms with Gasteiger partial charge in [0.2, 0.25) is 15.1 Å². The molecule has 4 rings (SSSR count). The molecule has 0 aliphatic carbocycles. The van der Waals surface area contributed by atoms with Crippen LogP contribution < -0.4 is 10.9 Å². The first-order chi connectivity index (χ1) is 14.9. The van der Waals surface area contributed by atoms with Crippen LogP contribution in [0.3, 0.4) is 0 Å². The Kier molecular flexibility index (Phi) is 5.73. The fourth-order valence-electron chi connectivity index (χ4n) is 3.02. The number of anilines is 1. The molecule has 0 saturated carbocycles. The van der Waals surface area contributed by atoms with Crippen LogP contribution >= 0.6 is 11.8 Å². The maximum Gasteiger partial charge on any atom is 0.269 e. The molecule has 12 heteroatoms. The van der Waals surface area contributed by atoms with E-state index in [2.05, 4.69) is 20.9 Å². The average Bonchev–Trinajstić information content (AvgIpc) is 3.33. The zero-order valence-electron chi connectivity index (χ0n) is 16.1. The van der Waals surface area contributed by atoms with E-state index < -0.39 is 16.3 Å². The number of aryl methyl sites for hydroxylation is 1. The van der Waals surface area contributed by atoms with Gasteiger partial charge in [0.05, 0.1) is 5.75 Å². The number of nitrogens with two attached hydrogens (primary N) is 2. The highest BCUT2D eigenvalue weighted by molar-refractivity contribution is 8.02. The van der Waals surface area contributed by atoms with Gasteiger partial charge in [-0.2, -0.15) is 0 Å². The lowest BCUT2D eigenvalue weighted by Gasteiger charge is -2.13. The summed E-state index contributed by atoms with van der Waals surface area (Å²) >= 11 is 1.19. The Morgan fingerprint density at radius 3 is 2.87 bits per heavy atom. The van der Waals surface area contributed by atoms with E-state index in [-0.39, 0.29) is 18.0 Å². The Morgan fingerprint density at radius 1 is 1.29 bits per heavy atom. The van der Waals surface area contributed by atoms with Crippen molar-refractivity contribution in [3.8, 4) is 12.3 Å². The molecule has 0 saturated heterocycles. The van der Waals surface area contributed by atoms with Crippen LogP contribution in [-0.4, -0.2) is 33.7 Å². The largest absolute Gasteiger partial charge is 0.454 e. The zero-order valence-corrected chi connectivity index (χ0v) is 17.8. The van der Waals surface area contributed by atoms with E-state index in [0.717, 1.165) is 5.56 Å². The second kappa shape index (κ2) is 8.46. The van der Waals surface area contributed by atoms with Gasteiger partial charge in [-0.05, 0) is 24.2 Å². The number of nitrogen functional groups attached to an aromatic ring is 1. The van der Waals surface area contributed by atoms with Gasteiger partial charge in [-0.15, -0.1) is 6.42 Å². The third-order valence-electron chi connectivity index (χ3n) is 4.41. The maximum atomic E-state index is 11.3. The van der Waals surface area contributed by atoms with Crippen LogP contribution in [0.15, 0.2) is 47.1 Å². The summed E-state index contributed by atoms with van der Waals surface area (Å²) in [5.41, 5.74) is 8.23. The summed E-state index contributed by atoms with van der Waals surface area (Å²) in [5, 5.41) is 6.06. The Bertz CT molecular complexity index is 1310. The molecule has 0 radical (unpaired) electrons. The van der Waals surface area contributed by atoms with Gasteiger partial charge in [-0.3, -0.25) is 0 Å². The first-order valence-electron chi connectivity index (χ1n) is 9.08. The molecule has 4 N–H and O–H groups in total. The number of aromatic nitrogens is 4. The molecule has 0 fully saturated rings.